The van der Waals surface area contributed by atoms with Crippen LogP contribution >= 0.6 is 0 Å². The number of carboxylic acid groups (broad SMARTS) is 1. The molecule has 4 nitrogen and oxygen atoms in total. The molecule has 16 heavy (non-hydrogen) atoms. The molecule has 0 aliphatic heterocycles. The van der Waals surface area contributed by atoms with Crippen LogP contribution in [0.25, 0.3) is 0 Å². The van der Waals surface area contributed by atoms with Crippen molar-refractivity contribution in [2.75, 3.05) is 0 Å². The van der Waals surface area contributed by atoms with Crippen LogP contribution in [-0.2, 0) is 10.4 Å². The molecule has 1 aromatic rings. The molecule has 88 valence electrons. The van der Waals surface area contributed by atoms with E-state index in [1.54, 1.807) is 24.3 Å². The van der Waals surface area contributed by atoms with Crippen molar-refractivity contribution in [1.29, 1.82) is 0 Å². The Bertz CT molecular complexity index is 365. The minimum absolute atomic E-state index is 0.0610. The number of ether oxygens (including phenoxy) is 1. The van der Waals surface area contributed by atoms with Crippen molar-refractivity contribution < 1.29 is 19.7 Å². The molecule has 1 aromatic carbocycles. The summed E-state index contributed by atoms with van der Waals surface area (Å²) in [5, 5.41) is 18.5. The van der Waals surface area contributed by atoms with Crippen LogP contribution in [0.15, 0.2) is 24.3 Å². The molecule has 0 radical (unpaired) electrons. The van der Waals surface area contributed by atoms with Gasteiger partial charge >= 0.3 is 5.97 Å². The minimum atomic E-state index is -1.86. The molecular formula is C12H16O4. The molecule has 0 spiro atoms. The maximum Gasteiger partial charge on any atom is 0.340 e. The zero-order chi connectivity index (χ0) is 12.3. The lowest BCUT2D eigenvalue weighted by Crippen LogP contribution is -2.31. The topological polar surface area (TPSA) is 66.8 Å². The Morgan fingerprint density at radius 1 is 1.31 bits per heavy atom. The van der Waals surface area contributed by atoms with E-state index in [1.807, 2.05) is 13.8 Å². The van der Waals surface area contributed by atoms with Crippen LogP contribution in [0.2, 0.25) is 0 Å². The number of hydrogen-bond acceptors (Lipinski definition) is 3. The molecule has 0 aliphatic rings. The molecular weight excluding hydrogens is 208 g/mol. The Balaban J connectivity index is 2.91. The van der Waals surface area contributed by atoms with Gasteiger partial charge in [-0.05, 0) is 38.5 Å². The van der Waals surface area contributed by atoms with Gasteiger partial charge < -0.3 is 14.9 Å². The summed E-state index contributed by atoms with van der Waals surface area (Å²) in [5.74, 6) is -0.620. The van der Waals surface area contributed by atoms with Crippen molar-refractivity contribution in [3.05, 3.63) is 29.8 Å². The number of rotatable bonds is 4. The van der Waals surface area contributed by atoms with E-state index >= 15 is 0 Å². The number of aliphatic hydroxyl groups is 1. The van der Waals surface area contributed by atoms with Crippen LogP contribution in [-0.4, -0.2) is 22.3 Å². The van der Waals surface area contributed by atoms with E-state index in [0.29, 0.717) is 11.3 Å². The van der Waals surface area contributed by atoms with E-state index in [-0.39, 0.29) is 6.10 Å². The normalized spacial score (nSPS) is 14.6. The van der Waals surface area contributed by atoms with Crippen molar-refractivity contribution in [2.24, 2.45) is 0 Å². The van der Waals surface area contributed by atoms with Gasteiger partial charge in [0.05, 0.1) is 6.10 Å². The van der Waals surface area contributed by atoms with E-state index in [4.69, 9.17) is 9.84 Å². The van der Waals surface area contributed by atoms with Crippen molar-refractivity contribution in [3.63, 3.8) is 0 Å². The molecule has 0 aromatic heterocycles. The van der Waals surface area contributed by atoms with Gasteiger partial charge in [0.15, 0.2) is 5.60 Å². The quantitative estimate of drug-likeness (QED) is 0.817. The Kier molecular flexibility index (Phi) is 3.55. The van der Waals surface area contributed by atoms with Crippen molar-refractivity contribution in [1.82, 2.24) is 0 Å². The highest BCUT2D eigenvalue weighted by atomic mass is 16.5. The number of benzene rings is 1. The summed E-state index contributed by atoms with van der Waals surface area (Å²) < 4.78 is 5.41. The summed E-state index contributed by atoms with van der Waals surface area (Å²) in [5.41, 5.74) is -1.53. The van der Waals surface area contributed by atoms with Crippen LogP contribution < -0.4 is 4.74 Å². The fourth-order valence-electron chi connectivity index (χ4n) is 1.25. The first-order valence-electron chi connectivity index (χ1n) is 5.07. The van der Waals surface area contributed by atoms with E-state index in [9.17, 15) is 9.90 Å². The summed E-state index contributed by atoms with van der Waals surface area (Å²) in [6, 6.07) is 6.39. The molecule has 2 N–H and O–H groups in total. The molecule has 4 heteroatoms. The lowest BCUT2D eigenvalue weighted by molar-refractivity contribution is -0.157. The average molecular weight is 224 g/mol. The summed E-state index contributed by atoms with van der Waals surface area (Å²) in [6.07, 6.45) is 0.0610. The largest absolute Gasteiger partial charge is 0.491 e. The smallest absolute Gasteiger partial charge is 0.340 e. The fourth-order valence-corrected chi connectivity index (χ4v) is 1.25. The Morgan fingerprint density at radius 2 is 1.81 bits per heavy atom. The van der Waals surface area contributed by atoms with Gasteiger partial charge in [-0.15, -0.1) is 0 Å². The summed E-state index contributed by atoms with van der Waals surface area (Å²) in [4.78, 5) is 10.8. The average Bonchev–Trinajstić information content (AvgIpc) is 2.17. The standard InChI is InChI=1S/C12H16O4/c1-8(2)16-10-6-4-9(5-7-10)12(3,15)11(13)14/h4-8,15H,1-3H3,(H,13,14). The molecule has 0 fully saturated rings. The van der Waals surface area contributed by atoms with E-state index in [1.165, 1.54) is 6.92 Å². The van der Waals surface area contributed by atoms with Crippen molar-refractivity contribution >= 4 is 5.97 Å². The SMILES string of the molecule is CC(C)Oc1ccc(C(C)(O)C(=O)O)cc1. The predicted molar refractivity (Wildman–Crippen MR) is 59.4 cm³/mol. The Morgan fingerprint density at radius 3 is 2.19 bits per heavy atom. The molecule has 0 aliphatic carbocycles. The van der Waals surface area contributed by atoms with Gasteiger partial charge in [0, 0.05) is 0 Å². The second kappa shape index (κ2) is 4.53. The maximum atomic E-state index is 10.8. The fraction of sp³-hybridized carbons (Fsp3) is 0.417. The first-order chi connectivity index (χ1) is 7.34. The highest BCUT2D eigenvalue weighted by Crippen LogP contribution is 2.23. The van der Waals surface area contributed by atoms with Crippen molar-refractivity contribution in [2.45, 2.75) is 32.5 Å². The molecule has 0 heterocycles. The molecule has 0 bridgehead atoms. The lowest BCUT2D eigenvalue weighted by atomic mass is 9.96. The van der Waals surface area contributed by atoms with Gasteiger partial charge in [-0.3, -0.25) is 0 Å². The summed E-state index contributed by atoms with van der Waals surface area (Å²) in [7, 11) is 0. The number of carbonyl (C=O) groups is 1. The van der Waals surface area contributed by atoms with E-state index < -0.39 is 11.6 Å². The van der Waals surface area contributed by atoms with Crippen LogP contribution in [0.4, 0.5) is 0 Å². The molecule has 1 unspecified atom stereocenters. The van der Waals surface area contributed by atoms with Gasteiger partial charge in [-0.2, -0.15) is 0 Å². The highest BCUT2D eigenvalue weighted by Gasteiger charge is 2.31. The van der Waals surface area contributed by atoms with Crippen molar-refractivity contribution in [3.8, 4) is 5.75 Å². The third-order valence-electron chi connectivity index (χ3n) is 2.20. The lowest BCUT2D eigenvalue weighted by Gasteiger charge is -2.19. The third-order valence-corrected chi connectivity index (χ3v) is 2.20. The Hall–Kier alpha value is -1.55. The van der Waals surface area contributed by atoms with Crippen LogP contribution in [0.3, 0.4) is 0 Å². The first kappa shape index (κ1) is 12.5. The zero-order valence-electron chi connectivity index (χ0n) is 9.60. The van der Waals surface area contributed by atoms with E-state index in [0.717, 1.165) is 0 Å². The number of aliphatic carboxylic acids is 1. The van der Waals surface area contributed by atoms with Gasteiger partial charge in [0.1, 0.15) is 5.75 Å². The zero-order valence-corrected chi connectivity index (χ0v) is 9.60. The Labute approximate surface area is 94.5 Å². The first-order valence-corrected chi connectivity index (χ1v) is 5.07. The molecule has 1 atom stereocenters. The second-order valence-electron chi connectivity index (χ2n) is 4.07. The van der Waals surface area contributed by atoms with Gasteiger partial charge in [-0.25, -0.2) is 4.79 Å². The van der Waals surface area contributed by atoms with Crippen LogP contribution in [0, 0.1) is 0 Å². The number of hydrogen-bond donors (Lipinski definition) is 2. The maximum absolute atomic E-state index is 10.8. The van der Waals surface area contributed by atoms with Crippen LogP contribution in [0.5, 0.6) is 5.75 Å². The van der Waals surface area contributed by atoms with E-state index in [2.05, 4.69) is 0 Å². The minimum Gasteiger partial charge on any atom is -0.491 e. The molecule has 0 amide bonds. The summed E-state index contributed by atoms with van der Waals surface area (Å²) >= 11 is 0. The monoisotopic (exact) mass is 224 g/mol. The number of carboxylic acids is 1. The molecule has 0 saturated carbocycles. The predicted octanol–water partition coefficient (Wildman–Crippen LogP) is 1.77. The van der Waals surface area contributed by atoms with Gasteiger partial charge in [0.2, 0.25) is 0 Å². The van der Waals surface area contributed by atoms with Gasteiger partial charge in [0.25, 0.3) is 0 Å². The van der Waals surface area contributed by atoms with Crippen LogP contribution in [0.1, 0.15) is 26.3 Å². The molecule has 0 saturated heterocycles. The second-order valence-corrected chi connectivity index (χ2v) is 4.07. The summed E-state index contributed by atoms with van der Waals surface area (Å²) in [6.45, 7) is 5.05. The highest BCUT2D eigenvalue weighted by molar-refractivity contribution is 5.78. The molecule has 1 rings (SSSR count). The van der Waals surface area contributed by atoms with Gasteiger partial charge in [-0.1, -0.05) is 12.1 Å². The third kappa shape index (κ3) is 2.73.